The van der Waals surface area contributed by atoms with E-state index >= 15 is 0 Å². The van der Waals surface area contributed by atoms with Gasteiger partial charge in [0.25, 0.3) is 0 Å². The third-order valence-corrected chi connectivity index (χ3v) is 3.47. The van der Waals surface area contributed by atoms with Crippen molar-refractivity contribution in [3.8, 4) is 0 Å². The van der Waals surface area contributed by atoms with E-state index in [1.165, 1.54) is 13.2 Å². The average Bonchev–Trinajstić information content (AvgIpc) is 2.46. The highest BCUT2D eigenvalue weighted by Gasteiger charge is 2.07. The highest BCUT2D eigenvalue weighted by Crippen LogP contribution is 2.25. The zero-order valence-corrected chi connectivity index (χ0v) is 12.4. The quantitative estimate of drug-likeness (QED) is 0.857. The average molecular weight is 338 g/mol. The molecule has 0 fully saturated rings. The fraction of sp³-hybridized carbons (Fsp3) is 0.133. The number of rotatable bonds is 4. The molecule has 0 radical (unpaired) electrons. The summed E-state index contributed by atoms with van der Waals surface area (Å²) in [6, 6.07) is 11.8. The number of esters is 1. The Hall–Kier alpha value is -1.88. The van der Waals surface area contributed by atoms with Crippen molar-refractivity contribution in [3.05, 3.63) is 63.9 Å². The maximum Gasteiger partial charge on any atom is 0.337 e. The summed E-state index contributed by atoms with van der Waals surface area (Å²) in [5, 5.41) is 3.02. The van der Waals surface area contributed by atoms with Gasteiger partial charge in [-0.15, -0.1) is 0 Å². The molecule has 0 unspecified atom stereocenters. The minimum atomic E-state index is -0.374. The smallest absolute Gasteiger partial charge is 0.337 e. The summed E-state index contributed by atoms with van der Waals surface area (Å²) in [7, 11) is 1.34. The lowest BCUT2D eigenvalue weighted by atomic mass is 10.1. The Morgan fingerprint density at radius 1 is 1.25 bits per heavy atom. The highest BCUT2D eigenvalue weighted by molar-refractivity contribution is 9.10. The Morgan fingerprint density at radius 2 is 1.95 bits per heavy atom. The number of benzene rings is 2. The molecule has 0 bridgehead atoms. The van der Waals surface area contributed by atoms with Crippen LogP contribution >= 0.6 is 15.9 Å². The van der Waals surface area contributed by atoms with Gasteiger partial charge in [-0.1, -0.05) is 18.2 Å². The van der Waals surface area contributed by atoms with Gasteiger partial charge in [-0.25, -0.2) is 9.18 Å². The molecule has 0 amide bonds. The van der Waals surface area contributed by atoms with Gasteiger partial charge in [0.1, 0.15) is 5.82 Å². The molecule has 0 aliphatic carbocycles. The molecular weight excluding hydrogens is 325 g/mol. The second kappa shape index (κ2) is 6.52. The summed E-state index contributed by atoms with van der Waals surface area (Å²) in [5.74, 6) is -0.688. The van der Waals surface area contributed by atoms with Gasteiger partial charge >= 0.3 is 5.97 Å². The van der Waals surface area contributed by atoms with E-state index in [1.807, 2.05) is 0 Å². The Labute approximate surface area is 124 Å². The largest absolute Gasteiger partial charge is 0.465 e. The van der Waals surface area contributed by atoms with Crippen molar-refractivity contribution in [2.75, 3.05) is 12.4 Å². The summed E-state index contributed by atoms with van der Waals surface area (Å²) >= 11 is 3.30. The van der Waals surface area contributed by atoms with Crippen molar-refractivity contribution in [2.45, 2.75) is 6.54 Å². The zero-order chi connectivity index (χ0) is 14.5. The molecule has 2 aromatic rings. The minimum Gasteiger partial charge on any atom is -0.465 e. The number of methoxy groups -OCH3 is 1. The number of nitrogens with one attached hydrogen (secondary N) is 1. The lowest BCUT2D eigenvalue weighted by Crippen LogP contribution is -2.04. The van der Waals surface area contributed by atoms with Crippen LogP contribution in [0.1, 0.15) is 15.9 Å². The van der Waals surface area contributed by atoms with Gasteiger partial charge < -0.3 is 10.1 Å². The summed E-state index contributed by atoms with van der Waals surface area (Å²) in [6.45, 7) is 0.459. The first-order chi connectivity index (χ1) is 9.61. The van der Waals surface area contributed by atoms with E-state index < -0.39 is 0 Å². The maximum absolute atomic E-state index is 13.6. The first-order valence-electron chi connectivity index (χ1n) is 5.97. The number of carbonyl (C=O) groups excluding carboxylic acids is 1. The van der Waals surface area contributed by atoms with E-state index in [0.717, 1.165) is 5.56 Å². The van der Waals surface area contributed by atoms with Crippen molar-refractivity contribution in [2.24, 2.45) is 0 Å². The van der Waals surface area contributed by atoms with Gasteiger partial charge in [0.15, 0.2) is 0 Å². The summed E-state index contributed by atoms with van der Waals surface area (Å²) < 4.78 is 18.9. The third-order valence-electron chi connectivity index (χ3n) is 2.81. The minimum absolute atomic E-state index is 0.314. The van der Waals surface area contributed by atoms with Crippen molar-refractivity contribution in [1.82, 2.24) is 0 Å². The van der Waals surface area contributed by atoms with Crippen LogP contribution in [-0.4, -0.2) is 13.1 Å². The van der Waals surface area contributed by atoms with Crippen molar-refractivity contribution in [1.29, 1.82) is 0 Å². The van der Waals surface area contributed by atoms with Crippen molar-refractivity contribution >= 4 is 27.6 Å². The van der Waals surface area contributed by atoms with Gasteiger partial charge in [0, 0.05) is 11.0 Å². The van der Waals surface area contributed by atoms with Crippen LogP contribution in [0.2, 0.25) is 0 Å². The molecule has 0 spiro atoms. The summed E-state index contributed by atoms with van der Waals surface area (Å²) in [4.78, 5) is 11.3. The van der Waals surface area contributed by atoms with E-state index in [2.05, 4.69) is 26.0 Å². The molecule has 0 saturated carbocycles. The highest BCUT2D eigenvalue weighted by atomic mass is 79.9. The molecule has 0 aliphatic heterocycles. The van der Waals surface area contributed by atoms with Gasteiger partial charge in [-0.05, 0) is 45.8 Å². The number of hydrogen-bond donors (Lipinski definition) is 1. The fourth-order valence-corrected chi connectivity index (χ4v) is 2.22. The number of hydrogen-bond acceptors (Lipinski definition) is 3. The van der Waals surface area contributed by atoms with E-state index in [-0.39, 0.29) is 11.8 Å². The second-order valence-corrected chi connectivity index (χ2v) is 4.99. The number of para-hydroxylation sites is 1. The Morgan fingerprint density at radius 3 is 2.55 bits per heavy atom. The van der Waals surface area contributed by atoms with Crippen LogP contribution in [0.25, 0.3) is 0 Å². The number of halogens is 2. The van der Waals surface area contributed by atoms with E-state index in [9.17, 15) is 9.18 Å². The fourth-order valence-electron chi connectivity index (χ4n) is 1.73. The molecule has 5 heteroatoms. The molecule has 0 saturated heterocycles. The summed E-state index contributed by atoms with van der Waals surface area (Å²) in [6.07, 6.45) is 0. The van der Waals surface area contributed by atoms with Crippen LogP contribution in [0, 0.1) is 5.82 Å². The molecule has 2 aromatic carbocycles. The van der Waals surface area contributed by atoms with Gasteiger partial charge in [0.2, 0.25) is 0 Å². The van der Waals surface area contributed by atoms with Crippen LogP contribution in [-0.2, 0) is 11.3 Å². The van der Waals surface area contributed by atoms with Gasteiger partial charge in [0.05, 0.1) is 18.4 Å². The molecule has 20 heavy (non-hydrogen) atoms. The predicted molar refractivity (Wildman–Crippen MR) is 79.2 cm³/mol. The molecule has 3 nitrogen and oxygen atoms in total. The molecule has 0 aliphatic rings. The van der Waals surface area contributed by atoms with Crippen molar-refractivity contribution in [3.63, 3.8) is 0 Å². The molecular formula is C15H13BrFNO2. The number of ether oxygens (including phenoxy) is 1. The Bertz CT molecular complexity index is 594. The molecule has 2 rings (SSSR count). The third kappa shape index (κ3) is 3.36. The molecule has 1 N–H and O–H groups in total. The van der Waals surface area contributed by atoms with Crippen LogP contribution in [0.4, 0.5) is 10.1 Å². The first-order valence-corrected chi connectivity index (χ1v) is 6.76. The molecule has 104 valence electrons. The molecule has 0 heterocycles. The SMILES string of the molecule is COC(=O)c1ccc(CNc2c(F)cccc2Br)cc1. The van der Waals surface area contributed by atoms with Gasteiger partial charge in [-0.3, -0.25) is 0 Å². The standard InChI is InChI=1S/C15H13BrFNO2/c1-20-15(19)11-7-5-10(6-8-11)9-18-14-12(16)3-2-4-13(14)17/h2-8,18H,9H2,1H3. The Kier molecular flexibility index (Phi) is 4.74. The normalized spacial score (nSPS) is 10.2. The van der Waals surface area contributed by atoms with Crippen LogP contribution in [0.15, 0.2) is 46.9 Å². The van der Waals surface area contributed by atoms with E-state index in [4.69, 9.17) is 0 Å². The van der Waals surface area contributed by atoms with Gasteiger partial charge in [-0.2, -0.15) is 0 Å². The van der Waals surface area contributed by atoms with Crippen LogP contribution in [0.5, 0.6) is 0 Å². The predicted octanol–water partition coefficient (Wildman–Crippen LogP) is 3.99. The lowest BCUT2D eigenvalue weighted by Gasteiger charge is -2.10. The maximum atomic E-state index is 13.6. The van der Waals surface area contributed by atoms with Crippen molar-refractivity contribution < 1.29 is 13.9 Å². The zero-order valence-electron chi connectivity index (χ0n) is 10.8. The second-order valence-electron chi connectivity index (χ2n) is 4.14. The monoisotopic (exact) mass is 337 g/mol. The topological polar surface area (TPSA) is 38.3 Å². The molecule has 0 atom stereocenters. The number of carbonyl (C=O) groups is 1. The van der Waals surface area contributed by atoms with E-state index in [1.54, 1.807) is 36.4 Å². The first kappa shape index (κ1) is 14.5. The molecule has 0 aromatic heterocycles. The summed E-state index contributed by atoms with van der Waals surface area (Å²) in [5.41, 5.74) is 1.85. The Balaban J connectivity index is 2.06. The lowest BCUT2D eigenvalue weighted by molar-refractivity contribution is 0.0600. The van der Waals surface area contributed by atoms with Crippen LogP contribution in [0.3, 0.4) is 0 Å². The van der Waals surface area contributed by atoms with E-state index in [0.29, 0.717) is 22.3 Å². The van der Waals surface area contributed by atoms with Crippen LogP contribution < -0.4 is 5.32 Å². The number of anilines is 1.